The molecule has 0 saturated heterocycles. The van der Waals surface area contributed by atoms with Crippen LogP contribution in [0.2, 0.25) is 0 Å². The van der Waals surface area contributed by atoms with Crippen molar-refractivity contribution in [2.24, 2.45) is 7.05 Å². The molecule has 5 nitrogen and oxygen atoms in total. The van der Waals surface area contributed by atoms with E-state index < -0.39 is 16.1 Å². The second-order valence-electron chi connectivity index (χ2n) is 5.93. The van der Waals surface area contributed by atoms with Crippen LogP contribution in [0.25, 0.3) is 10.9 Å². The van der Waals surface area contributed by atoms with E-state index in [1.807, 2.05) is 55.1 Å². The molecule has 0 aliphatic rings. The molecule has 3 aromatic rings. The van der Waals surface area contributed by atoms with E-state index in [0.717, 1.165) is 16.5 Å². The minimum atomic E-state index is -3.64. The van der Waals surface area contributed by atoms with Gasteiger partial charge in [0.25, 0.3) is 0 Å². The van der Waals surface area contributed by atoms with Gasteiger partial charge in [-0.15, -0.1) is 0 Å². The van der Waals surface area contributed by atoms with E-state index in [-0.39, 0.29) is 11.4 Å². The molecule has 0 radical (unpaired) electrons. The summed E-state index contributed by atoms with van der Waals surface area (Å²) in [5, 5.41) is 11.3. The Morgan fingerprint density at radius 2 is 1.96 bits per heavy atom. The van der Waals surface area contributed by atoms with Crippen LogP contribution in [0.1, 0.15) is 17.2 Å². The van der Waals surface area contributed by atoms with Crippen molar-refractivity contribution in [2.75, 3.05) is 6.54 Å². The Morgan fingerprint density at radius 1 is 1.17 bits per heavy atom. The quantitative estimate of drug-likeness (QED) is 0.747. The monoisotopic (exact) mass is 344 g/mol. The average molecular weight is 344 g/mol. The van der Waals surface area contributed by atoms with E-state index in [2.05, 4.69) is 4.72 Å². The molecule has 2 aromatic carbocycles. The molecule has 1 atom stereocenters. The molecule has 1 aromatic heterocycles. The maximum absolute atomic E-state index is 12.3. The predicted molar refractivity (Wildman–Crippen MR) is 94.2 cm³/mol. The van der Waals surface area contributed by atoms with Crippen molar-refractivity contribution in [3.05, 3.63) is 65.9 Å². The van der Waals surface area contributed by atoms with Gasteiger partial charge in [0, 0.05) is 25.3 Å². The fourth-order valence-corrected chi connectivity index (χ4v) is 3.82. The summed E-state index contributed by atoms with van der Waals surface area (Å²) in [6, 6.07) is 14.2. The van der Waals surface area contributed by atoms with E-state index in [4.69, 9.17) is 0 Å². The number of fused-ring (bicyclic) bond motifs is 1. The van der Waals surface area contributed by atoms with E-state index in [1.54, 1.807) is 12.1 Å². The number of aromatic nitrogens is 1. The Kier molecular flexibility index (Phi) is 4.45. The highest BCUT2D eigenvalue weighted by Crippen LogP contribution is 2.21. The number of sulfonamides is 1. The molecule has 1 heterocycles. The first-order valence-corrected chi connectivity index (χ1v) is 9.14. The summed E-state index contributed by atoms with van der Waals surface area (Å²) in [5.74, 6) is 0. The second kappa shape index (κ2) is 6.39. The van der Waals surface area contributed by atoms with Gasteiger partial charge in [0.15, 0.2) is 0 Å². The van der Waals surface area contributed by atoms with Crippen LogP contribution in [-0.4, -0.2) is 24.6 Å². The third kappa shape index (κ3) is 3.36. The number of aryl methyl sites for hydroxylation is 2. The predicted octanol–water partition coefficient (Wildman–Crippen LogP) is 2.50. The Balaban J connectivity index is 1.75. The first-order chi connectivity index (χ1) is 11.4. The fourth-order valence-electron chi connectivity index (χ4n) is 2.68. The summed E-state index contributed by atoms with van der Waals surface area (Å²) in [6.45, 7) is 1.76. The minimum absolute atomic E-state index is 0.0748. The molecule has 0 aliphatic heterocycles. The van der Waals surface area contributed by atoms with Crippen molar-refractivity contribution >= 4 is 20.9 Å². The topological polar surface area (TPSA) is 71.3 Å². The standard InChI is InChI=1S/C18H20N2O3S/c1-13-4-3-5-16(10-13)24(22,23)19-12-18(21)15-6-7-17-14(11-15)8-9-20(17)2/h3-11,18-19,21H,12H2,1-2H3. The lowest BCUT2D eigenvalue weighted by Crippen LogP contribution is -2.28. The SMILES string of the molecule is Cc1cccc(S(=O)(=O)NCC(O)c2ccc3c(ccn3C)c2)c1. The molecule has 2 N–H and O–H groups in total. The molecule has 1 unspecified atom stereocenters. The smallest absolute Gasteiger partial charge is 0.240 e. The minimum Gasteiger partial charge on any atom is -0.387 e. The van der Waals surface area contributed by atoms with Gasteiger partial charge in [-0.1, -0.05) is 18.2 Å². The van der Waals surface area contributed by atoms with Crippen LogP contribution >= 0.6 is 0 Å². The van der Waals surface area contributed by atoms with Crippen LogP contribution in [0.3, 0.4) is 0 Å². The van der Waals surface area contributed by atoms with Crippen LogP contribution in [0.4, 0.5) is 0 Å². The fraction of sp³-hybridized carbons (Fsp3) is 0.222. The molecule has 0 aliphatic carbocycles. The lowest BCUT2D eigenvalue weighted by Gasteiger charge is -2.13. The third-order valence-electron chi connectivity index (χ3n) is 4.06. The summed E-state index contributed by atoms with van der Waals surface area (Å²) in [5.41, 5.74) is 2.61. The number of hydrogen-bond donors (Lipinski definition) is 2. The number of nitrogens with one attached hydrogen (secondary N) is 1. The lowest BCUT2D eigenvalue weighted by molar-refractivity contribution is 0.182. The van der Waals surface area contributed by atoms with Gasteiger partial charge in [-0.3, -0.25) is 0 Å². The van der Waals surface area contributed by atoms with Crippen molar-refractivity contribution < 1.29 is 13.5 Å². The average Bonchev–Trinajstić information content (AvgIpc) is 2.93. The number of aliphatic hydroxyl groups excluding tert-OH is 1. The van der Waals surface area contributed by atoms with Gasteiger partial charge in [0.2, 0.25) is 10.0 Å². The third-order valence-corrected chi connectivity index (χ3v) is 5.48. The molecule has 6 heteroatoms. The lowest BCUT2D eigenvalue weighted by atomic mass is 10.1. The molecule has 0 amide bonds. The first kappa shape index (κ1) is 16.7. The molecule has 0 spiro atoms. The largest absolute Gasteiger partial charge is 0.387 e. The van der Waals surface area contributed by atoms with Gasteiger partial charge < -0.3 is 9.67 Å². The first-order valence-electron chi connectivity index (χ1n) is 7.66. The maximum atomic E-state index is 12.3. The number of rotatable bonds is 5. The normalized spacial score (nSPS) is 13.3. The number of nitrogens with zero attached hydrogens (tertiary/aromatic N) is 1. The van der Waals surface area contributed by atoms with Gasteiger partial charge in [0.1, 0.15) is 0 Å². The van der Waals surface area contributed by atoms with Crippen molar-refractivity contribution in [3.8, 4) is 0 Å². The Morgan fingerprint density at radius 3 is 2.71 bits per heavy atom. The summed E-state index contributed by atoms with van der Waals surface area (Å²) in [4.78, 5) is 0.202. The molecule has 0 bridgehead atoms. The summed E-state index contributed by atoms with van der Waals surface area (Å²) in [6.07, 6.45) is 1.04. The number of hydrogen-bond acceptors (Lipinski definition) is 3. The zero-order chi connectivity index (χ0) is 17.3. The highest BCUT2D eigenvalue weighted by atomic mass is 32.2. The van der Waals surface area contributed by atoms with Crippen LogP contribution in [0.15, 0.2) is 59.6 Å². The summed E-state index contributed by atoms with van der Waals surface area (Å²) < 4.78 is 29.1. The molecule has 0 saturated carbocycles. The van der Waals surface area contributed by atoms with E-state index in [1.165, 1.54) is 6.07 Å². The number of benzene rings is 2. The van der Waals surface area contributed by atoms with Crippen molar-refractivity contribution in [1.82, 2.24) is 9.29 Å². The number of aliphatic hydroxyl groups is 1. The van der Waals surface area contributed by atoms with Crippen molar-refractivity contribution in [2.45, 2.75) is 17.9 Å². The van der Waals surface area contributed by atoms with Crippen LogP contribution in [0, 0.1) is 6.92 Å². The van der Waals surface area contributed by atoms with Gasteiger partial charge in [-0.25, -0.2) is 13.1 Å². The van der Waals surface area contributed by atoms with E-state index >= 15 is 0 Å². The second-order valence-corrected chi connectivity index (χ2v) is 7.70. The van der Waals surface area contributed by atoms with Crippen LogP contribution in [-0.2, 0) is 17.1 Å². The molecule has 0 fully saturated rings. The molecule has 3 rings (SSSR count). The van der Waals surface area contributed by atoms with E-state index in [0.29, 0.717) is 5.56 Å². The van der Waals surface area contributed by atoms with Crippen LogP contribution < -0.4 is 4.72 Å². The van der Waals surface area contributed by atoms with Gasteiger partial charge in [0.05, 0.1) is 11.0 Å². The summed E-state index contributed by atoms with van der Waals surface area (Å²) in [7, 11) is -1.69. The zero-order valence-electron chi connectivity index (χ0n) is 13.6. The van der Waals surface area contributed by atoms with E-state index in [9.17, 15) is 13.5 Å². The van der Waals surface area contributed by atoms with Gasteiger partial charge in [-0.05, 0) is 53.8 Å². The maximum Gasteiger partial charge on any atom is 0.240 e. The van der Waals surface area contributed by atoms with Gasteiger partial charge in [-0.2, -0.15) is 0 Å². The highest BCUT2D eigenvalue weighted by molar-refractivity contribution is 7.89. The highest BCUT2D eigenvalue weighted by Gasteiger charge is 2.17. The molecular weight excluding hydrogens is 324 g/mol. The summed E-state index contributed by atoms with van der Waals surface area (Å²) >= 11 is 0. The molecule has 126 valence electrons. The van der Waals surface area contributed by atoms with Crippen molar-refractivity contribution in [1.29, 1.82) is 0 Å². The Labute approximate surface area is 141 Å². The molecule has 24 heavy (non-hydrogen) atoms. The van der Waals surface area contributed by atoms with Crippen molar-refractivity contribution in [3.63, 3.8) is 0 Å². The van der Waals surface area contributed by atoms with Crippen LogP contribution in [0.5, 0.6) is 0 Å². The molecular formula is C18H20N2O3S. The Hall–Kier alpha value is -2.15. The Bertz CT molecular complexity index is 977. The zero-order valence-corrected chi connectivity index (χ0v) is 14.4. The van der Waals surface area contributed by atoms with Gasteiger partial charge >= 0.3 is 0 Å².